The van der Waals surface area contributed by atoms with E-state index in [0.29, 0.717) is 41.5 Å². The Labute approximate surface area is 157 Å². The number of aromatic nitrogens is 6. The van der Waals surface area contributed by atoms with Gasteiger partial charge in [-0.2, -0.15) is 4.39 Å². The van der Waals surface area contributed by atoms with Crippen molar-refractivity contribution < 1.29 is 13.5 Å². The largest absolute Gasteiger partial charge is 0.493 e. The fourth-order valence-electron chi connectivity index (χ4n) is 3.46. The van der Waals surface area contributed by atoms with Gasteiger partial charge in [0.2, 0.25) is 11.9 Å². The third kappa shape index (κ3) is 2.56. The molecule has 0 spiro atoms. The van der Waals surface area contributed by atoms with E-state index in [2.05, 4.69) is 25.6 Å². The predicted molar refractivity (Wildman–Crippen MR) is 95.9 cm³/mol. The van der Waals surface area contributed by atoms with Crippen molar-refractivity contribution in [1.29, 1.82) is 0 Å². The van der Waals surface area contributed by atoms with E-state index in [1.807, 2.05) is 0 Å². The molecular formula is C18H15F2N7O. The third-order valence-corrected chi connectivity index (χ3v) is 4.77. The first-order valence-corrected chi connectivity index (χ1v) is 8.67. The predicted octanol–water partition coefficient (Wildman–Crippen LogP) is 2.35. The number of fused-ring (bicyclic) bond motifs is 2. The third-order valence-electron chi connectivity index (χ3n) is 4.77. The molecule has 0 unspecified atom stereocenters. The quantitative estimate of drug-likeness (QED) is 0.583. The standard InChI is InChI=1S/C18H15F2N7O/c1-26-8-13(16(20)25-26)12-7-22-18(27-9-23-24-17(12)27)21-6-11-10-4-5-28-15(10)3-2-14(11)19/h2-3,7-9H,4-6H2,1H3,(H,21,22). The molecule has 0 bridgehead atoms. The fourth-order valence-corrected chi connectivity index (χ4v) is 3.46. The summed E-state index contributed by atoms with van der Waals surface area (Å²) < 4.78 is 36.9. The highest BCUT2D eigenvalue weighted by atomic mass is 19.1. The first-order chi connectivity index (χ1) is 13.6. The highest BCUT2D eigenvalue weighted by Crippen LogP contribution is 2.31. The maximum absolute atomic E-state index is 14.3. The lowest BCUT2D eigenvalue weighted by atomic mass is 10.0. The first-order valence-electron chi connectivity index (χ1n) is 8.67. The summed E-state index contributed by atoms with van der Waals surface area (Å²) >= 11 is 0. The number of benzene rings is 1. The van der Waals surface area contributed by atoms with Crippen LogP contribution in [-0.2, 0) is 20.0 Å². The summed E-state index contributed by atoms with van der Waals surface area (Å²) in [6, 6.07) is 3.05. The van der Waals surface area contributed by atoms with Crippen molar-refractivity contribution in [2.24, 2.45) is 7.05 Å². The summed E-state index contributed by atoms with van der Waals surface area (Å²) in [6.07, 6.45) is 5.19. The summed E-state index contributed by atoms with van der Waals surface area (Å²) in [5, 5.41) is 14.8. The Morgan fingerprint density at radius 3 is 2.96 bits per heavy atom. The number of nitrogens with one attached hydrogen (secondary N) is 1. The maximum Gasteiger partial charge on any atom is 0.240 e. The van der Waals surface area contributed by atoms with Crippen molar-refractivity contribution in [1.82, 2.24) is 29.4 Å². The number of hydrogen-bond donors (Lipinski definition) is 1. The van der Waals surface area contributed by atoms with Crippen LogP contribution >= 0.6 is 0 Å². The lowest BCUT2D eigenvalue weighted by molar-refractivity contribution is 0.356. The Morgan fingerprint density at radius 2 is 2.14 bits per heavy atom. The van der Waals surface area contributed by atoms with E-state index in [4.69, 9.17) is 4.74 Å². The van der Waals surface area contributed by atoms with E-state index in [-0.39, 0.29) is 17.9 Å². The number of anilines is 1. The molecule has 4 heterocycles. The van der Waals surface area contributed by atoms with Crippen molar-refractivity contribution in [3.8, 4) is 16.9 Å². The Kier molecular flexibility index (Phi) is 3.71. The van der Waals surface area contributed by atoms with Crippen LogP contribution in [0.5, 0.6) is 5.75 Å². The van der Waals surface area contributed by atoms with Crippen LogP contribution in [0, 0.1) is 11.8 Å². The average Bonchev–Trinajstić information content (AvgIpc) is 3.40. The van der Waals surface area contributed by atoms with Crippen molar-refractivity contribution in [3.63, 3.8) is 0 Å². The van der Waals surface area contributed by atoms with Gasteiger partial charge in [0.25, 0.3) is 0 Å². The highest BCUT2D eigenvalue weighted by Gasteiger charge is 2.21. The molecule has 1 N–H and O–H groups in total. The Hall–Kier alpha value is -3.56. The topological polar surface area (TPSA) is 82.2 Å². The minimum Gasteiger partial charge on any atom is -0.493 e. The Balaban J connectivity index is 1.50. The van der Waals surface area contributed by atoms with E-state index in [1.54, 1.807) is 23.7 Å². The zero-order valence-electron chi connectivity index (χ0n) is 14.9. The number of ether oxygens (including phenoxy) is 1. The van der Waals surface area contributed by atoms with Crippen LogP contribution in [0.15, 0.2) is 30.9 Å². The van der Waals surface area contributed by atoms with Crippen molar-refractivity contribution in [2.75, 3.05) is 11.9 Å². The molecule has 0 aliphatic carbocycles. The molecule has 10 heteroatoms. The van der Waals surface area contributed by atoms with Gasteiger partial charge in [-0.3, -0.25) is 9.08 Å². The Morgan fingerprint density at radius 1 is 1.25 bits per heavy atom. The molecule has 28 heavy (non-hydrogen) atoms. The van der Waals surface area contributed by atoms with Gasteiger partial charge in [0.1, 0.15) is 17.9 Å². The zero-order chi connectivity index (χ0) is 19.3. The molecule has 0 saturated heterocycles. The monoisotopic (exact) mass is 383 g/mol. The number of nitrogens with zero attached hydrogens (tertiary/aromatic N) is 6. The van der Waals surface area contributed by atoms with E-state index in [0.717, 1.165) is 5.56 Å². The first kappa shape index (κ1) is 16.6. The van der Waals surface area contributed by atoms with Crippen LogP contribution in [0.2, 0.25) is 0 Å². The van der Waals surface area contributed by atoms with Gasteiger partial charge in [0.05, 0.1) is 17.7 Å². The minimum absolute atomic E-state index is 0.221. The second kappa shape index (κ2) is 6.25. The van der Waals surface area contributed by atoms with Crippen molar-refractivity contribution in [2.45, 2.75) is 13.0 Å². The van der Waals surface area contributed by atoms with Crippen LogP contribution in [-0.4, -0.2) is 36.0 Å². The molecule has 142 valence electrons. The average molecular weight is 383 g/mol. The molecular weight excluding hydrogens is 368 g/mol. The number of rotatable bonds is 4. The molecule has 5 rings (SSSR count). The smallest absolute Gasteiger partial charge is 0.240 e. The molecule has 4 aromatic rings. The SMILES string of the molecule is Cn1cc(-c2cnc(NCc3c(F)ccc4c3CCO4)n3cnnc23)c(F)n1. The fraction of sp³-hybridized carbons (Fsp3) is 0.222. The van der Waals surface area contributed by atoms with Gasteiger partial charge in [0, 0.05) is 43.5 Å². The molecule has 0 amide bonds. The molecule has 1 aromatic carbocycles. The van der Waals surface area contributed by atoms with E-state index in [1.165, 1.54) is 23.3 Å². The number of aryl methyl sites for hydroxylation is 1. The summed E-state index contributed by atoms with van der Waals surface area (Å²) in [4.78, 5) is 4.36. The van der Waals surface area contributed by atoms with Crippen LogP contribution in [0.25, 0.3) is 16.8 Å². The lowest BCUT2D eigenvalue weighted by Gasteiger charge is -2.12. The normalized spacial score (nSPS) is 13.0. The molecule has 0 radical (unpaired) electrons. The van der Waals surface area contributed by atoms with Crippen LogP contribution in [0.3, 0.4) is 0 Å². The van der Waals surface area contributed by atoms with Crippen LogP contribution in [0.1, 0.15) is 11.1 Å². The van der Waals surface area contributed by atoms with Gasteiger partial charge in [-0.1, -0.05) is 0 Å². The lowest BCUT2D eigenvalue weighted by Crippen LogP contribution is -2.09. The van der Waals surface area contributed by atoms with Crippen molar-refractivity contribution >= 4 is 11.6 Å². The van der Waals surface area contributed by atoms with Crippen LogP contribution < -0.4 is 10.1 Å². The zero-order valence-corrected chi connectivity index (χ0v) is 14.9. The second-order valence-corrected chi connectivity index (χ2v) is 6.48. The van der Waals surface area contributed by atoms with Gasteiger partial charge in [-0.05, 0) is 12.1 Å². The highest BCUT2D eigenvalue weighted by molar-refractivity contribution is 5.77. The molecule has 3 aromatic heterocycles. The number of hydrogen-bond acceptors (Lipinski definition) is 6. The van der Waals surface area contributed by atoms with E-state index >= 15 is 0 Å². The Bertz CT molecular complexity index is 1200. The van der Waals surface area contributed by atoms with Crippen LogP contribution in [0.4, 0.5) is 14.7 Å². The van der Waals surface area contributed by atoms with Gasteiger partial charge in [0.15, 0.2) is 5.65 Å². The van der Waals surface area contributed by atoms with Gasteiger partial charge < -0.3 is 10.1 Å². The summed E-state index contributed by atoms with van der Waals surface area (Å²) in [7, 11) is 1.63. The minimum atomic E-state index is -0.614. The van der Waals surface area contributed by atoms with E-state index < -0.39 is 5.95 Å². The summed E-state index contributed by atoms with van der Waals surface area (Å²) in [6.45, 7) is 0.768. The molecule has 0 atom stereocenters. The molecule has 0 saturated carbocycles. The molecule has 0 fully saturated rings. The molecule has 8 nitrogen and oxygen atoms in total. The molecule has 1 aliphatic rings. The molecule has 1 aliphatic heterocycles. The maximum atomic E-state index is 14.3. The number of halogens is 2. The van der Waals surface area contributed by atoms with E-state index in [9.17, 15) is 8.78 Å². The van der Waals surface area contributed by atoms with Crippen molar-refractivity contribution in [3.05, 3.63) is 53.7 Å². The van der Waals surface area contributed by atoms with Gasteiger partial charge in [-0.15, -0.1) is 15.3 Å². The van der Waals surface area contributed by atoms with Gasteiger partial charge >= 0.3 is 0 Å². The second-order valence-electron chi connectivity index (χ2n) is 6.48. The summed E-state index contributed by atoms with van der Waals surface area (Å²) in [5.74, 6) is 0.217. The van der Waals surface area contributed by atoms with Gasteiger partial charge in [-0.25, -0.2) is 9.37 Å². The summed E-state index contributed by atoms with van der Waals surface area (Å²) in [5.41, 5.74) is 2.57.